The third-order valence-electron chi connectivity index (χ3n) is 9.01. The predicted octanol–water partition coefficient (Wildman–Crippen LogP) is 9.34. The summed E-state index contributed by atoms with van der Waals surface area (Å²) in [6, 6.07) is 30.5. The molecule has 0 bridgehead atoms. The first-order valence-corrected chi connectivity index (χ1v) is 15.5. The molecule has 8 aromatic rings. The number of pyridine rings is 2. The minimum atomic E-state index is -0.229. The van der Waals surface area contributed by atoms with Crippen LogP contribution in [0.4, 0.5) is 4.39 Å². The molecule has 0 aliphatic heterocycles. The van der Waals surface area contributed by atoms with Crippen LogP contribution in [-0.2, 0) is 14.1 Å². The van der Waals surface area contributed by atoms with Gasteiger partial charge in [0.25, 0.3) is 0 Å². The number of aromatic nitrogens is 6. The lowest BCUT2D eigenvalue weighted by Crippen LogP contribution is -1.95. The van der Waals surface area contributed by atoms with Gasteiger partial charge in [0.15, 0.2) is 0 Å². The average molecular weight is 615 g/mol. The van der Waals surface area contributed by atoms with E-state index >= 15 is 0 Å². The van der Waals surface area contributed by atoms with Gasteiger partial charge in [-0.25, -0.2) is 14.4 Å². The first kappa shape index (κ1) is 28.5. The zero-order chi connectivity index (χ0) is 32.2. The third kappa shape index (κ3) is 4.97. The lowest BCUT2D eigenvalue weighted by molar-refractivity contribution is 0.619. The van der Waals surface area contributed by atoms with E-state index in [1.165, 1.54) is 6.07 Å². The Morgan fingerprint density at radius 3 is 2.00 bits per heavy atom. The van der Waals surface area contributed by atoms with Crippen LogP contribution in [0.3, 0.4) is 0 Å². The second kappa shape index (κ2) is 11.1. The number of fused-ring (bicyclic) bond motifs is 2. The van der Waals surface area contributed by atoms with Gasteiger partial charge in [-0.05, 0) is 102 Å². The minimum Gasteiger partial charge on any atom is -0.334 e. The van der Waals surface area contributed by atoms with Gasteiger partial charge in [-0.15, -0.1) is 0 Å². The maximum absolute atomic E-state index is 14.3. The van der Waals surface area contributed by atoms with E-state index in [1.807, 2.05) is 66.5 Å². The molecule has 7 heteroatoms. The van der Waals surface area contributed by atoms with E-state index in [4.69, 9.17) is 9.97 Å². The Kier molecular flexibility index (Phi) is 6.76. The number of imidazole rings is 2. The molecule has 0 unspecified atom stereocenters. The third-order valence-corrected chi connectivity index (χ3v) is 9.01. The predicted molar refractivity (Wildman–Crippen MR) is 187 cm³/mol. The largest absolute Gasteiger partial charge is 0.334 e. The van der Waals surface area contributed by atoms with Crippen LogP contribution in [0.5, 0.6) is 0 Å². The minimum absolute atomic E-state index is 0.229. The van der Waals surface area contributed by atoms with Crippen molar-refractivity contribution in [3.8, 4) is 55.9 Å². The molecule has 4 aromatic heterocycles. The monoisotopic (exact) mass is 614 g/mol. The summed E-state index contributed by atoms with van der Waals surface area (Å²) >= 11 is 0. The Hall–Kier alpha value is -5.95. The summed E-state index contributed by atoms with van der Waals surface area (Å²) < 4.78 is 18.3. The number of nitrogens with zero attached hydrogens (tertiary/aromatic N) is 6. The maximum Gasteiger partial charge on any atom is 0.126 e. The van der Waals surface area contributed by atoms with Gasteiger partial charge < -0.3 is 9.13 Å². The number of aryl methyl sites for hydroxylation is 4. The molecular weight excluding hydrogens is 583 g/mol. The fourth-order valence-electron chi connectivity index (χ4n) is 6.45. The molecule has 0 spiro atoms. The summed E-state index contributed by atoms with van der Waals surface area (Å²) in [5, 5.41) is 0. The average Bonchev–Trinajstić information content (AvgIpc) is 3.66. The molecule has 8 rings (SSSR count). The Labute approximate surface area is 271 Å². The molecule has 228 valence electrons. The fourth-order valence-corrected chi connectivity index (χ4v) is 6.45. The van der Waals surface area contributed by atoms with Crippen molar-refractivity contribution in [2.75, 3.05) is 0 Å². The van der Waals surface area contributed by atoms with Crippen LogP contribution in [0.25, 0.3) is 78.0 Å². The number of hydrogen-bond donors (Lipinski definition) is 0. The Balaban J connectivity index is 1.23. The van der Waals surface area contributed by atoms with E-state index in [0.29, 0.717) is 5.56 Å². The van der Waals surface area contributed by atoms with E-state index in [9.17, 15) is 4.39 Å². The van der Waals surface area contributed by atoms with Crippen LogP contribution >= 0.6 is 0 Å². The highest BCUT2D eigenvalue weighted by atomic mass is 19.1. The second-order valence-electron chi connectivity index (χ2n) is 12.1. The molecule has 0 N–H and O–H groups in total. The molecule has 0 saturated heterocycles. The van der Waals surface area contributed by atoms with Crippen LogP contribution in [0, 0.1) is 19.7 Å². The number of rotatable bonds is 5. The normalized spacial score (nSPS) is 11.5. The zero-order valence-electron chi connectivity index (χ0n) is 26.5. The molecule has 0 amide bonds. The van der Waals surface area contributed by atoms with Crippen molar-refractivity contribution in [1.29, 1.82) is 0 Å². The van der Waals surface area contributed by atoms with Crippen LogP contribution < -0.4 is 0 Å². The van der Waals surface area contributed by atoms with E-state index < -0.39 is 0 Å². The van der Waals surface area contributed by atoms with Crippen molar-refractivity contribution in [3.05, 3.63) is 133 Å². The first-order valence-electron chi connectivity index (χ1n) is 15.5. The van der Waals surface area contributed by atoms with Crippen LogP contribution in [-0.4, -0.2) is 29.1 Å². The Morgan fingerprint density at radius 1 is 0.511 bits per heavy atom. The van der Waals surface area contributed by atoms with Crippen LogP contribution in [0.15, 0.2) is 116 Å². The Morgan fingerprint density at radius 2 is 1.19 bits per heavy atom. The molecule has 0 atom stereocenters. The maximum atomic E-state index is 14.3. The molecule has 6 nitrogen and oxygen atoms in total. The summed E-state index contributed by atoms with van der Waals surface area (Å²) in [5.41, 5.74) is 15.5. The highest BCUT2D eigenvalue weighted by Crippen LogP contribution is 2.38. The van der Waals surface area contributed by atoms with Gasteiger partial charge in [0, 0.05) is 54.3 Å². The summed E-state index contributed by atoms with van der Waals surface area (Å²) in [7, 11) is 4.00. The molecular formula is C40H31FN6. The smallest absolute Gasteiger partial charge is 0.126 e. The molecule has 0 aliphatic rings. The van der Waals surface area contributed by atoms with E-state index in [0.717, 1.165) is 83.5 Å². The summed E-state index contributed by atoms with van der Waals surface area (Å²) in [4.78, 5) is 18.9. The van der Waals surface area contributed by atoms with E-state index in [-0.39, 0.29) is 5.82 Å². The molecule has 4 heterocycles. The zero-order valence-corrected chi connectivity index (χ0v) is 26.5. The highest BCUT2D eigenvalue weighted by molar-refractivity contribution is 5.91. The van der Waals surface area contributed by atoms with Gasteiger partial charge >= 0.3 is 0 Å². The first-order chi connectivity index (χ1) is 22.8. The lowest BCUT2D eigenvalue weighted by atomic mass is 9.92. The Bertz CT molecular complexity index is 2490. The fraction of sp³-hybridized carbons (Fsp3) is 0.100. The molecule has 0 radical (unpaired) electrons. The standard InChI is InChI=1S/C40H31FN6/c1-24-16-28(39-32(6-5-15-42-39)26-10-14-37-36(19-26)45-23-46(37)3)7-11-31(24)30-18-33(27-9-13-35-38(20-27)47(4)22-44-35)40(43-21-30)29-8-12-34(41)25(2)17-29/h5-23H,1-4H3. The molecule has 0 saturated carbocycles. The molecule has 4 aromatic carbocycles. The number of benzene rings is 4. The number of hydrogen-bond acceptors (Lipinski definition) is 4. The van der Waals surface area contributed by atoms with Crippen molar-refractivity contribution >= 4 is 22.1 Å². The quantitative estimate of drug-likeness (QED) is 0.194. The number of halogens is 1. The molecule has 0 aliphatic carbocycles. The van der Waals surface area contributed by atoms with E-state index in [2.05, 4.69) is 77.6 Å². The molecule has 47 heavy (non-hydrogen) atoms. The van der Waals surface area contributed by atoms with E-state index in [1.54, 1.807) is 13.0 Å². The van der Waals surface area contributed by atoms with Gasteiger partial charge in [0.2, 0.25) is 0 Å². The SMILES string of the molecule is Cc1cc(-c2ncc(-c3ccc(-c4ncccc4-c4ccc5c(c4)ncn5C)cc3C)cc2-c2ccc3ncn(C)c3c2)ccc1F. The van der Waals surface area contributed by atoms with Crippen molar-refractivity contribution in [3.63, 3.8) is 0 Å². The summed E-state index contributed by atoms with van der Waals surface area (Å²) in [6.45, 7) is 3.91. The molecule has 0 fully saturated rings. The van der Waals surface area contributed by atoms with Gasteiger partial charge in [-0.2, -0.15) is 0 Å². The topological polar surface area (TPSA) is 61.4 Å². The second-order valence-corrected chi connectivity index (χ2v) is 12.1. The van der Waals surface area contributed by atoms with Crippen molar-refractivity contribution < 1.29 is 4.39 Å². The van der Waals surface area contributed by atoms with Crippen LogP contribution in [0.2, 0.25) is 0 Å². The van der Waals surface area contributed by atoms with Crippen LogP contribution in [0.1, 0.15) is 11.1 Å². The van der Waals surface area contributed by atoms with Gasteiger partial charge in [-0.3, -0.25) is 9.97 Å². The summed E-state index contributed by atoms with van der Waals surface area (Å²) in [5.74, 6) is -0.229. The van der Waals surface area contributed by atoms with Crippen molar-refractivity contribution in [2.45, 2.75) is 13.8 Å². The van der Waals surface area contributed by atoms with Crippen molar-refractivity contribution in [1.82, 2.24) is 29.1 Å². The lowest BCUT2D eigenvalue weighted by Gasteiger charge is -2.15. The van der Waals surface area contributed by atoms with Gasteiger partial charge in [0.05, 0.1) is 46.1 Å². The highest BCUT2D eigenvalue weighted by Gasteiger charge is 2.17. The van der Waals surface area contributed by atoms with Crippen molar-refractivity contribution in [2.24, 2.45) is 14.1 Å². The van der Waals surface area contributed by atoms with Gasteiger partial charge in [0.1, 0.15) is 5.82 Å². The van der Waals surface area contributed by atoms with Gasteiger partial charge in [-0.1, -0.05) is 30.3 Å². The summed E-state index contributed by atoms with van der Waals surface area (Å²) in [6.07, 6.45) is 7.41.